The number of benzene rings is 2. The highest BCUT2D eigenvalue weighted by Crippen LogP contribution is 2.35. The average molecular weight is 937 g/mol. The van der Waals surface area contributed by atoms with E-state index in [1.807, 2.05) is 25.3 Å². The summed E-state index contributed by atoms with van der Waals surface area (Å²) in [5.74, 6) is 1.58. The molecule has 16 nitrogen and oxygen atoms in total. The smallest absolute Gasteiger partial charge is 0.258 e. The number of carbonyl (C=O) groups excluding carboxylic acids is 3. The number of piperidine rings is 2. The molecule has 3 N–H and O–H groups in total. The zero-order valence-corrected chi connectivity index (χ0v) is 39.9. The molecule has 7 heterocycles. The Balaban J connectivity index is 0.636. The third-order valence-electron chi connectivity index (χ3n) is 15.1. The number of rotatable bonds is 15. The number of piperazine rings is 1. The summed E-state index contributed by atoms with van der Waals surface area (Å²) < 4.78 is 8.03. The van der Waals surface area contributed by atoms with E-state index in [1.165, 1.54) is 11.1 Å². The van der Waals surface area contributed by atoms with Crippen LogP contribution in [0.4, 0.5) is 17.5 Å². The number of hydrogen-bond acceptors (Lipinski definition) is 13. The summed E-state index contributed by atoms with van der Waals surface area (Å²) in [4.78, 5) is 74.1. The van der Waals surface area contributed by atoms with E-state index in [-0.39, 0.29) is 35.7 Å². The number of imide groups is 1. The number of amides is 3. The Bertz CT molecular complexity index is 2760. The number of nitrogens with zero attached hydrogens (tertiary/aromatic N) is 8. The molecule has 362 valence electrons. The maximum Gasteiger partial charge on any atom is 0.258 e. The van der Waals surface area contributed by atoms with Gasteiger partial charge in [-0.05, 0) is 137 Å². The van der Waals surface area contributed by atoms with Gasteiger partial charge in [-0.3, -0.25) is 38.9 Å². The van der Waals surface area contributed by atoms with Gasteiger partial charge in [0.05, 0.1) is 24.6 Å². The lowest BCUT2D eigenvalue weighted by atomic mass is 9.87. The molecule has 1 saturated carbocycles. The lowest BCUT2D eigenvalue weighted by Crippen LogP contribution is -2.52. The van der Waals surface area contributed by atoms with E-state index >= 15 is 0 Å². The summed E-state index contributed by atoms with van der Waals surface area (Å²) in [7, 11) is 0. The van der Waals surface area contributed by atoms with E-state index in [1.54, 1.807) is 22.6 Å². The molecule has 16 heteroatoms. The van der Waals surface area contributed by atoms with Crippen LogP contribution >= 0.6 is 0 Å². The van der Waals surface area contributed by atoms with E-state index < -0.39 is 12.1 Å². The predicted molar refractivity (Wildman–Crippen MR) is 264 cm³/mol. The van der Waals surface area contributed by atoms with Gasteiger partial charge in [0.15, 0.2) is 0 Å². The summed E-state index contributed by atoms with van der Waals surface area (Å²) in [5, 5.41) is 16.9. The number of aromatic nitrogens is 4. The first kappa shape index (κ1) is 46.5. The first-order valence-electron chi connectivity index (χ1n) is 25.1. The van der Waals surface area contributed by atoms with Crippen LogP contribution in [0, 0.1) is 6.92 Å². The van der Waals surface area contributed by atoms with Crippen molar-refractivity contribution >= 4 is 46.2 Å². The molecule has 0 spiro atoms. The Hall–Kier alpha value is -6.23. The van der Waals surface area contributed by atoms with Crippen molar-refractivity contribution in [3.8, 4) is 5.75 Å². The number of likely N-dealkylation sites (tertiary alicyclic amines) is 1. The van der Waals surface area contributed by atoms with E-state index in [0.717, 1.165) is 132 Å². The summed E-state index contributed by atoms with van der Waals surface area (Å²) >= 11 is 0. The van der Waals surface area contributed by atoms with Crippen molar-refractivity contribution in [1.29, 1.82) is 0 Å². The maximum atomic E-state index is 13.7. The van der Waals surface area contributed by atoms with Gasteiger partial charge in [0.2, 0.25) is 17.8 Å². The zero-order chi connectivity index (χ0) is 47.6. The molecule has 5 aliphatic rings. The van der Waals surface area contributed by atoms with Crippen molar-refractivity contribution in [2.24, 2.45) is 0 Å². The van der Waals surface area contributed by atoms with E-state index in [2.05, 4.69) is 72.8 Å². The molecule has 0 radical (unpaired) electrons. The van der Waals surface area contributed by atoms with Gasteiger partial charge in [0.25, 0.3) is 11.5 Å². The fourth-order valence-electron chi connectivity index (χ4n) is 11.3. The third-order valence-corrected chi connectivity index (χ3v) is 15.1. The summed E-state index contributed by atoms with van der Waals surface area (Å²) in [6, 6.07) is 18.2. The molecule has 5 aromatic rings. The minimum Gasteiger partial charge on any atom is -0.494 e. The average Bonchev–Trinajstić information content (AvgIpc) is 4.00. The van der Waals surface area contributed by atoms with Gasteiger partial charge < -0.3 is 25.0 Å². The number of ether oxygens (including phenoxy) is 1. The lowest BCUT2D eigenvalue weighted by Gasteiger charge is -2.36. The van der Waals surface area contributed by atoms with Gasteiger partial charge in [-0.1, -0.05) is 37.1 Å². The fraction of sp³-hybridized carbons (Fsp3) is 0.491. The largest absolute Gasteiger partial charge is 0.494 e. The molecular formula is C53H64N10O6. The van der Waals surface area contributed by atoms with Crippen LogP contribution in [-0.4, -0.2) is 116 Å². The van der Waals surface area contributed by atoms with Crippen molar-refractivity contribution in [3.63, 3.8) is 0 Å². The minimum absolute atomic E-state index is 0.0587. The number of anilines is 3. The molecule has 2 atom stereocenters. The van der Waals surface area contributed by atoms with Crippen LogP contribution in [0.25, 0.3) is 11.0 Å². The van der Waals surface area contributed by atoms with Crippen molar-refractivity contribution in [2.75, 3.05) is 62.6 Å². The number of aliphatic hydroxyl groups excluding tert-OH is 1. The van der Waals surface area contributed by atoms with Gasteiger partial charge >= 0.3 is 0 Å². The molecule has 3 aromatic heterocycles. The SMILES string of the molecule is Cc1c(C(C)O)c(=O)n(C2CCCC2)c2nc(Nc3ccc(N4CCN(CCCCOc5cccc(CN6CCC(c7ccc8c(c7)CN(C7CCC(=O)NC7=O)C8=O)CC6)c5)CC4)cn3)ncc12. The first-order chi connectivity index (χ1) is 33.6. The van der Waals surface area contributed by atoms with Gasteiger partial charge in [-0.15, -0.1) is 0 Å². The molecule has 2 aromatic carbocycles. The maximum absolute atomic E-state index is 13.7. The first-order valence-corrected chi connectivity index (χ1v) is 25.1. The topological polar surface area (TPSA) is 178 Å². The predicted octanol–water partition coefficient (Wildman–Crippen LogP) is 6.53. The second kappa shape index (κ2) is 20.4. The van der Waals surface area contributed by atoms with Crippen molar-refractivity contribution in [3.05, 3.63) is 111 Å². The molecular weight excluding hydrogens is 873 g/mol. The molecule has 2 unspecified atom stereocenters. The molecule has 1 aliphatic carbocycles. The standard InChI is InChI=1S/C53H64N10O6/c1-34-44-31-55-53(58-49(44)63(40-9-3-4-10-40)52(68)48(34)35(2)64)56-46-16-13-41(30-54-46)61-25-23-59(24-26-61)20-5-6-27-69-42-11-7-8-36(28-42)32-60-21-18-37(19-22-60)38-12-14-43-39(29-38)33-62(51(43)67)45-15-17-47(65)57-50(45)66/h7-8,11-14,16,28-31,35,37,40,45,64H,3-6,9-10,15,17-27,32-33H2,1-2H3,(H,57,65,66)(H,54,55,56,58). The second-order valence-corrected chi connectivity index (χ2v) is 19.7. The van der Waals surface area contributed by atoms with Crippen LogP contribution in [0.2, 0.25) is 0 Å². The lowest BCUT2D eigenvalue weighted by molar-refractivity contribution is -0.136. The second-order valence-electron chi connectivity index (χ2n) is 19.7. The molecule has 3 amide bonds. The normalized spacial score (nSPS) is 20.2. The van der Waals surface area contributed by atoms with Crippen LogP contribution in [-0.2, 0) is 22.7 Å². The highest BCUT2D eigenvalue weighted by Gasteiger charge is 2.39. The van der Waals surface area contributed by atoms with E-state index in [0.29, 0.717) is 54.0 Å². The monoisotopic (exact) mass is 937 g/mol. The van der Waals surface area contributed by atoms with E-state index in [4.69, 9.17) is 14.7 Å². The van der Waals surface area contributed by atoms with Crippen LogP contribution < -0.4 is 25.8 Å². The van der Waals surface area contributed by atoms with E-state index in [9.17, 15) is 24.3 Å². The van der Waals surface area contributed by atoms with Crippen LogP contribution in [0.15, 0.2) is 71.8 Å². The van der Waals surface area contributed by atoms with Crippen LogP contribution in [0.5, 0.6) is 5.75 Å². The highest BCUT2D eigenvalue weighted by atomic mass is 16.5. The summed E-state index contributed by atoms with van der Waals surface area (Å²) in [5.41, 5.74) is 6.80. The van der Waals surface area contributed by atoms with Gasteiger partial charge in [0.1, 0.15) is 23.3 Å². The Morgan fingerprint density at radius 3 is 2.43 bits per heavy atom. The van der Waals surface area contributed by atoms with Crippen molar-refractivity contribution in [1.82, 2.24) is 39.5 Å². The molecule has 0 bridgehead atoms. The highest BCUT2D eigenvalue weighted by molar-refractivity contribution is 6.05. The summed E-state index contributed by atoms with van der Waals surface area (Å²) in [6.07, 6.45) is 11.5. The molecule has 3 saturated heterocycles. The minimum atomic E-state index is -0.873. The number of unbranched alkanes of at least 4 members (excludes halogenated alkanes) is 1. The number of fused-ring (bicyclic) bond motifs is 2. The Labute approximate surface area is 403 Å². The van der Waals surface area contributed by atoms with Gasteiger partial charge in [-0.25, -0.2) is 9.97 Å². The zero-order valence-electron chi connectivity index (χ0n) is 39.9. The quantitative estimate of drug-likeness (QED) is 0.0764. The Kier molecular flexibility index (Phi) is 13.7. The molecule has 4 aliphatic heterocycles. The number of aliphatic hydroxyl groups is 1. The fourth-order valence-corrected chi connectivity index (χ4v) is 11.3. The molecule has 10 rings (SSSR count). The van der Waals surface area contributed by atoms with Crippen molar-refractivity contribution in [2.45, 2.75) is 115 Å². The molecule has 4 fully saturated rings. The number of carbonyl (C=O) groups is 3. The number of aryl methyl sites for hydroxylation is 1. The van der Waals surface area contributed by atoms with Crippen molar-refractivity contribution < 1.29 is 24.2 Å². The molecule has 69 heavy (non-hydrogen) atoms. The number of nitrogens with one attached hydrogen (secondary N) is 2. The summed E-state index contributed by atoms with van der Waals surface area (Å²) in [6.45, 7) is 12.3. The van der Waals surface area contributed by atoms with Gasteiger partial charge in [-0.2, -0.15) is 4.98 Å². The van der Waals surface area contributed by atoms with Crippen LogP contribution in [0.1, 0.15) is 127 Å². The number of hydrogen-bond donors (Lipinski definition) is 3. The Morgan fingerprint density at radius 1 is 0.870 bits per heavy atom. The third kappa shape index (κ3) is 10.1. The Morgan fingerprint density at radius 2 is 1.68 bits per heavy atom. The van der Waals surface area contributed by atoms with Gasteiger partial charge in [0, 0.05) is 74.4 Å². The number of pyridine rings is 2. The van der Waals surface area contributed by atoms with Crippen LogP contribution in [0.3, 0.4) is 0 Å².